The van der Waals surface area contributed by atoms with E-state index in [1.165, 1.54) is 24.3 Å². The van der Waals surface area contributed by atoms with Gasteiger partial charge in [-0.2, -0.15) is 0 Å². The van der Waals surface area contributed by atoms with Gasteiger partial charge in [-0.15, -0.1) is 0 Å². The number of esters is 1. The fourth-order valence-electron chi connectivity index (χ4n) is 3.15. The number of Topliss-reactive ketones (excluding diaryl/α,β-unsaturated/α-hetero) is 1. The zero-order valence-electron chi connectivity index (χ0n) is 18.4. The highest BCUT2D eigenvalue weighted by atomic mass is 16.5. The van der Waals surface area contributed by atoms with E-state index in [2.05, 4.69) is 10.7 Å². The maximum Gasteiger partial charge on any atom is 0.338 e. The van der Waals surface area contributed by atoms with Crippen LogP contribution in [0.15, 0.2) is 48.5 Å². The monoisotopic (exact) mass is 451 g/mol. The molecule has 2 N–H and O–H groups in total. The molecule has 2 aromatic rings. The van der Waals surface area contributed by atoms with Gasteiger partial charge >= 0.3 is 5.97 Å². The standard InChI is InChI=1S/C24H25N3O6/c1-15(2)13-22(30)25-18-7-3-16(4-8-18)20(28)14-33-24(32)17-5-9-19(10-6-17)27-23(31)12-11-21(29)26-27/h3-10,15H,11-14H2,1-2H3,(H,25,30)(H,26,29). The maximum atomic E-state index is 12.3. The van der Waals surface area contributed by atoms with E-state index in [0.717, 1.165) is 5.01 Å². The van der Waals surface area contributed by atoms with Gasteiger partial charge in [0.05, 0.1) is 11.3 Å². The molecule has 2 aromatic carbocycles. The van der Waals surface area contributed by atoms with E-state index in [0.29, 0.717) is 23.4 Å². The maximum absolute atomic E-state index is 12.3. The van der Waals surface area contributed by atoms with Crippen molar-refractivity contribution in [2.24, 2.45) is 5.92 Å². The van der Waals surface area contributed by atoms with E-state index < -0.39 is 12.6 Å². The van der Waals surface area contributed by atoms with E-state index in [9.17, 15) is 24.0 Å². The minimum atomic E-state index is -0.693. The van der Waals surface area contributed by atoms with Crippen LogP contribution in [0.1, 0.15) is 53.8 Å². The number of benzene rings is 2. The normalized spacial score (nSPS) is 13.5. The molecule has 0 atom stereocenters. The number of nitrogens with zero attached hydrogens (tertiary/aromatic N) is 1. The van der Waals surface area contributed by atoms with Crippen molar-refractivity contribution < 1.29 is 28.7 Å². The molecule has 1 heterocycles. The lowest BCUT2D eigenvalue weighted by Crippen LogP contribution is -2.50. The number of rotatable bonds is 8. The summed E-state index contributed by atoms with van der Waals surface area (Å²) in [5.74, 6) is -1.45. The van der Waals surface area contributed by atoms with Crippen molar-refractivity contribution in [3.63, 3.8) is 0 Å². The number of carbonyl (C=O) groups is 5. The highest BCUT2D eigenvalue weighted by molar-refractivity contribution is 6.02. The fourth-order valence-corrected chi connectivity index (χ4v) is 3.15. The molecule has 9 heteroatoms. The Labute approximate surface area is 191 Å². The predicted molar refractivity (Wildman–Crippen MR) is 120 cm³/mol. The number of carbonyl (C=O) groups excluding carboxylic acids is 5. The van der Waals surface area contributed by atoms with E-state index in [1.54, 1.807) is 24.3 Å². The van der Waals surface area contributed by atoms with Crippen LogP contribution >= 0.6 is 0 Å². The Morgan fingerprint density at radius 2 is 1.61 bits per heavy atom. The van der Waals surface area contributed by atoms with Crippen molar-refractivity contribution in [1.82, 2.24) is 5.43 Å². The molecule has 0 bridgehead atoms. The SMILES string of the molecule is CC(C)CC(=O)Nc1ccc(C(=O)COC(=O)c2ccc(N3NC(=O)CCC3=O)cc2)cc1. The average Bonchev–Trinajstić information content (AvgIpc) is 2.79. The summed E-state index contributed by atoms with van der Waals surface area (Å²) >= 11 is 0. The van der Waals surface area contributed by atoms with Gasteiger partial charge in [0.2, 0.25) is 17.7 Å². The summed E-state index contributed by atoms with van der Waals surface area (Å²) in [5.41, 5.74) is 4.02. The van der Waals surface area contributed by atoms with Crippen molar-refractivity contribution >= 4 is 40.8 Å². The van der Waals surface area contributed by atoms with Crippen molar-refractivity contribution in [3.8, 4) is 0 Å². The molecule has 3 amide bonds. The number of hydrogen-bond acceptors (Lipinski definition) is 6. The van der Waals surface area contributed by atoms with Gasteiger partial charge in [0.25, 0.3) is 0 Å². The van der Waals surface area contributed by atoms with Gasteiger partial charge in [-0.1, -0.05) is 13.8 Å². The number of ketones is 1. The number of amides is 3. The Morgan fingerprint density at radius 1 is 0.970 bits per heavy atom. The van der Waals surface area contributed by atoms with Crippen LogP contribution in [-0.2, 0) is 19.1 Å². The first-order valence-corrected chi connectivity index (χ1v) is 10.6. The molecule has 1 aliphatic heterocycles. The Hall–Kier alpha value is -4.01. The summed E-state index contributed by atoms with van der Waals surface area (Å²) in [6.45, 7) is 3.46. The lowest BCUT2D eigenvalue weighted by molar-refractivity contribution is -0.130. The summed E-state index contributed by atoms with van der Waals surface area (Å²) in [4.78, 5) is 59.9. The summed E-state index contributed by atoms with van der Waals surface area (Å²) in [5, 5.41) is 3.90. The highest BCUT2D eigenvalue weighted by Crippen LogP contribution is 2.18. The van der Waals surface area contributed by atoms with Crippen LogP contribution in [0.4, 0.5) is 11.4 Å². The van der Waals surface area contributed by atoms with Gasteiger partial charge in [-0.3, -0.25) is 24.6 Å². The number of nitrogens with one attached hydrogen (secondary N) is 2. The minimum absolute atomic E-state index is 0.101. The molecule has 1 aliphatic rings. The number of hydrazine groups is 1. The number of hydrogen-bond donors (Lipinski definition) is 2. The Morgan fingerprint density at radius 3 is 2.24 bits per heavy atom. The molecule has 0 spiro atoms. The van der Waals surface area contributed by atoms with Gasteiger partial charge in [0.1, 0.15) is 0 Å². The van der Waals surface area contributed by atoms with Crippen LogP contribution in [0.3, 0.4) is 0 Å². The van der Waals surface area contributed by atoms with Crippen LogP contribution in [0.25, 0.3) is 0 Å². The third kappa shape index (κ3) is 6.49. The summed E-state index contributed by atoms with van der Waals surface area (Å²) in [7, 11) is 0. The molecule has 9 nitrogen and oxygen atoms in total. The lowest BCUT2D eigenvalue weighted by atomic mass is 10.1. The van der Waals surface area contributed by atoms with Crippen LogP contribution in [-0.4, -0.2) is 36.1 Å². The first kappa shape index (κ1) is 23.6. The predicted octanol–water partition coefficient (Wildman–Crippen LogP) is 2.87. The topological polar surface area (TPSA) is 122 Å². The highest BCUT2D eigenvalue weighted by Gasteiger charge is 2.24. The van der Waals surface area contributed by atoms with Crippen LogP contribution in [0.2, 0.25) is 0 Å². The Bertz CT molecular complexity index is 1060. The molecule has 0 aromatic heterocycles. The molecule has 172 valence electrons. The first-order valence-electron chi connectivity index (χ1n) is 10.6. The van der Waals surface area contributed by atoms with Crippen molar-refractivity contribution in [2.75, 3.05) is 16.9 Å². The summed E-state index contributed by atoms with van der Waals surface area (Å²) in [6, 6.07) is 12.3. The third-order valence-electron chi connectivity index (χ3n) is 4.83. The third-order valence-corrected chi connectivity index (χ3v) is 4.83. The van der Waals surface area contributed by atoms with Crippen molar-refractivity contribution in [3.05, 3.63) is 59.7 Å². The zero-order valence-corrected chi connectivity index (χ0v) is 18.4. The largest absolute Gasteiger partial charge is 0.454 e. The fraction of sp³-hybridized carbons (Fsp3) is 0.292. The number of ether oxygens (including phenoxy) is 1. The lowest BCUT2D eigenvalue weighted by Gasteiger charge is -2.27. The molecule has 1 fully saturated rings. The molecule has 3 rings (SSSR count). The van der Waals surface area contributed by atoms with E-state index in [1.807, 2.05) is 13.8 Å². The second-order valence-electron chi connectivity index (χ2n) is 8.03. The molecular formula is C24H25N3O6. The van der Waals surface area contributed by atoms with Gasteiger partial charge in [-0.05, 0) is 54.4 Å². The van der Waals surface area contributed by atoms with E-state index in [4.69, 9.17) is 4.74 Å². The minimum Gasteiger partial charge on any atom is -0.454 e. The quantitative estimate of drug-likeness (QED) is 0.470. The first-order chi connectivity index (χ1) is 15.7. The van der Waals surface area contributed by atoms with Gasteiger partial charge in [0.15, 0.2) is 12.4 Å². The van der Waals surface area contributed by atoms with Crippen molar-refractivity contribution in [1.29, 1.82) is 0 Å². The zero-order chi connectivity index (χ0) is 24.0. The van der Waals surface area contributed by atoms with E-state index in [-0.39, 0.29) is 47.8 Å². The Balaban J connectivity index is 1.52. The second-order valence-corrected chi connectivity index (χ2v) is 8.03. The molecule has 1 saturated heterocycles. The summed E-state index contributed by atoms with van der Waals surface area (Å²) < 4.78 is 5.10. The van der Waals surface area contributed by atoms with Gasteiger partial charge in [0, 0.05) is 30.5 Å². The summed E-state index contributed by atoms with van der Waals surface area (Å²) in [6.07, 6.45) is 0.660. The molecule has 33 heavy (non-hydrogen) atoms. The van der Waals surface area contributed by atoms with Crippen LogP contribution < -0.4 is 15.8 Å². The molecule has 0 radical (unpaired) electrons. The Kier molecular flexibility index (Phi) is 7.55. The van der Waals surface area contributed by atoms with Crippen LogP contribution in [0.5, 0.6) is 0 Å². The van der Waals surface area contributed by atoms with Crippen LogP contribution in [0, 0.1) is 5.92 Å². The molecule has 0 aliphatic carbocycles. The number of anilines is 2. The van der Waals surface area contributed by atoms with Gasteiger partial charge in [-0.25, -0.2) is 9.80 Å². The smallest absolute Gasteiger partial charge is 0.338 e. The van der Waals surface area contributed by atoms with Gasteiger partial charge < -0.3 is 10.1 Å². The van der Waals surface area contributed by atoms with Crippen molar-refractivity contribution in [2.45, 2.75) is 33.1 Å². The average molecular weight is 451 g/mol. The molecular weight excluding hydrogens is 426 g/mol. The molecule has 0 saturated carbocycles. The molecule has 0 unspecified atom stereocenters. The second kappa shape index (κ2) is 10.5. The van der Waals surface area contributed by atoms with E-state index >= 15 is 0 Å².